The number of likely N-dealkylation sites (N-methyl/N-ethyl adjacent to an activating group) is 1. The second-order valence-corrected chi connectivity index (χ2v) is 8.63. The Morgan fingerprint density at radius 3 is 2.19 bits per heavy atom. The number of nitrogens with one attached hydrogen (secondary N) is 1. The predicted octanol–water partition coefficient (Wildman–Crippen LogP) is 3.77. The number of piperazine rings is 1. The van der Waals surface area contributed by atoms with Gasteiger partial charge in [-0.05, 0) is 31.7 Å². The zero-order valence-corrected chi connectivity index (χ0v) is 19.4. The van der Waals surface area contributed by atoms with E-state index >= 15 is 0 Å². The van der Waals surface area contributed by atoms with Gasteiger partial charge >= 0.3 is 0 Å². The molecule has 2 aromatic rings. The summed E-state index contributed by atoms with van der Waals surface area (Å²) in [5, 5.41) is 3.47. The molecule has 1 heterocycles. The first kappa shape index (κ1) is 23.5. The molecule has 3 rings (SSSR count). The van der Waals surface area contributed by atoms with Gasteiger partial charge in [-0.1, -0.05) is 59.6 Å². The largest absolute Gasteiger partial charge is 0.339 e. The molecular formula is C23H28Cl2N4O2. The summed E-state index contributed by atoms with van der Waals surface area (Å²) in [4.78, 5) is 31.0. The fraction of sp³-hybridized carbons (Fsp3) is 0.391. The maximum Gasteiger partial charge on any atom is 0.238 e. The fourth-order valence-electron chi connectivity index (χ4n) is 3.73. The number of carbonyl (C=O) groups is 2. The van der Waals surface area contributed by atoms with E-state index in [-0.39, 0.29) is 24.9 Å². The second-order valence-electron chi connectivity index (χ2n) is 7.82. The van der Waals surface area contributed by atoms with E-state index in [1.807, 2.05) is 11.0 Å². The molecular weight excluding hydrogens is 435 g/mol. The van der Waals surface area contributed by atoms with Gasteiger partial charge in [0.15, 0.2) is 0 Å². The lowest BCUT2D eigenvalue weighted by atomic mass is 10.1. The molecule has 1 aliphatic rings. The third kappa shape index (κ3) is 6.43. The molecule has 2 aromatic carbocycles. The molecule has 0 bridgehead atoms. The summed E-state index contributed by atoms with van der Waals surface area (Å²) in [5.41, 5.74) is 1.67. The van der Waals surface area contributed by atoms with E-state index in [0.29, 0.717) is 34.9 Å². The molecule has 0 radical (unpaired) electrons. The van der Waals surface area contributed by atoms with Gasteiger partial charge in [-0.2, -0.15) is 0 Å². The Balaban J connectivity index is 1.44. The average Bonchev–Trinajstić information content (AvgIpc) is 2.76. The van der Waals surface area contributed by atoms with Gasteiger partial charge in [0.25, 0.3) is 0 Å². The van der Waals surface area contributed by atoms with E-state index in [4.69, 9.17) is 23.2 Å². The van der Waals surface area contributed by atoms with Gasteiger partial charge in [-0.3, -0.25) is 19.4 Å². The number of nitrogens with zero attached hydrogens (tertiary/aromatic N) is 3. The first-order valence-corrected chi connectivity index (χ1v) is 11.1. The van der Waals surface area contributed by atoms with Crippen molar-refractivity contribution in [2.75, 3.05) is 51.6 Å². The fourth-order valence-corrected chi connectivity index (χ4v) is 4.22. The van der Waals surface area contributed by atoms with E-state index in [9.17, 15) is 9.59 Å². The van der Waals surface area contributed by atoms with Gasteiger partial charge in [0.2, 0.25) is 11.8 Å². The highest BCUT2D eigenvalue weighted by Gasteiger charge is 2.25. The zero-order chi connectivity index (χ0) is 22.4. The van der Waals surface area contributed by atoms with Crippen molar-refractivity contribution in [3.63, 3.8) is 0 Å². The minimum absolute atomic E-state index is 0.0260. The summed E-state index contributed by atoms with van der Waals surface area (Å²) in [6.07, 6.45) is 0. The van der Waals surface area contributed by atoms with Crippen molar-refractivity contribution >= 4 is 40.7 Å². The van der Waals surface area contributed by atoms with Gasteiger partial charge in [-0.25, -0.2) is 0 Å². The van der Waals surface area contributed by atoms with E-state index in [2.05, 4.69) is 41.4 Å². The lowest BCUT2D eigenvalue weighted by molar-refractivity contribution is -0.134. The predicted molar refractivity (Wildman–Crippen MR) is 126 cm³/mol. The van der Waals surface area contributed by atoms with Crippen LogP contribution in [0.25, 0.3) is 0 Å². The maximum absolute atomic E-state index is 12.7. The highest BCUT2D eigenvalue weighted by Crippen LogP contribution is 2.29. The Bertz CT molecular complexity index is 881. The van der Waals surface area contributed by atoms with Crippen LogP contribution in [0.4, 0.5) is 5.69 Å². The molecule has 8 heteroatoms. The first-order valence-electron chi connectivity index (χ1n) is 10.3. The summed E-state index contributed by atoms with van der Waals surface area (Å²) < 4.78 is 0. The summed E-state index contributed by atoms with van der Waals surface area (Å²) in [7, 11) is 1.75. The molecule has 0 spiro atoms. The van der Waals surface area contributed by atoms with Crippen LogP contribution in [-0.2, 0) is 9.59 Å². The van der Waals surface area contributed by atoms with Crippen molar-refractivity contribution in [1.29, 1.82) is 0 Å². The SMILES string of the molecule is C[C@H](c1ccccc1)N1CCN(C(=O)CN(C)CC(=O)Nc2c(Cl)cccc2Cl)CC1. The number of rotatable bonds is 7. The highest BCUT2D eigenvalue weighted by atomic mass is 35.5. The minimum Gasteiger partial charge on any atom is -0.339 e. The lowest BCUT2D eigenvalue weighted by Gasteiger charge is -2.38. The van der Waals surface area contributed by atoms with E-state index in [1.54, 1.807) is 30.1 Å². The molecule has 1 fully saturated rings. The molecule has 1 N–H and O–H groups in total. The zero-order valence-electron chi connectivity index (χ0n) is 17.9. The second kappa shape index (κ2) is 11.0. The van der Waals surface area contributed by atoms with Crippen LogP contribution in [0.5, 0.6) is 0 Å². The average molecular weight is 463 g/mol. The molecule has 166 valence electrons. The number of halogens is 2. The van der Waals surface area contributed by atoms with Gasteiger partial charge in [-0.15, -0.1) is 0 Å². The summed E-state index contributed by atoms with van der Waals surface area (Å²) in [6.45, 7) is 5.48. The first-order chi connectivity index (χ1) is 14.8. The summed E-state index contributed by atoms with van der Waals surface area (Å²) in [5.74, 6) is -0.245. The van der Waals surface area contributed by atoms with Crippen LogP contribution in [0.1, 0.15) is 18.5 Å². The Kier molecular flexibility index (Phi) is 8.32. The van der Waals surface area contributed by atoms with Crippen LogP contribution >= 0.6 is 23.2 Å². The van der Waals surface area contributed by atoms with Crippen molar-refractivity contribution < 1.29 is 9.59 Å². The number of hydrogen-bond donors (Lipinski definition) is 1. The Morgan fingerprint density at radius 2 is 1.58 bits per heavy atom. The number of hydrogen-bond acceptors (Lipinski definition) is 4. The monoisotopic (exact) mass is 462 g/mol. The minimum atomic E-state index is -0.271. The highest BCUT2D eigenvalue weighted by molar-refractivity contribution is 6.39. The lowest BCUT2D eigenvalue weighted by Crippen LogP contribution is -2.51. The van der Waals surface area contributed by atoms with Gasteiger partial charge < -0.3 is 10.2 Å². The Morgan fingerprint density at radius 1 is 0.968 bits per heavy atom. The van der Waals surface area contributed by atoms with Crippen LogP contribution in [0.15, 0.2) is 48.5 Å². The molecule has 1 atom stereocenters. The summed E-state index contributed by atoms with van der Waals surface area (Å²) >= 11 is 12.2. The van der Waals surface area contributed by atoms with Crippen molar-refractivity contribution in [2.24, 2.45) is 0 Å². The van der Waals surface area contributed by atoms with Crippen LogP contribution in [-0.4, -0.2) is 72.8 Å². The van der Waals surface area contributed by atoms with E-state index in [1.165, 1.54) is 5.56 Å². The number of carbonyl (C=O) groups excluding carboxylic acids is 2. The van der Waals surface area contributed by atoms with Crippen molar-refractivity contribution in [1.82, 2.24) is 14.7 Å². The molecule has 0 saturated carbocycles. The van der Waals surface area contributed by atoms with Crippen LogP contribution in [0.2, 0.25) is 10.0 Å². The third-order valence-electron chi connectivity index (χ3n) is 5.54. The van der Waals surface area contributed by atoms with Gasteiger partial charge in [0.05, 0.1) is 28.8 Å². The quantitative estimate of drug-likeness (QED) is 0.680. The van der Waals surface area contributed by atoms with Crippen molar-refractivity contribution in [3.05, 3.63) is 64.1 Å². The maximum atomic E-state index is 12.7. The van der Waals surface area contributed by atoms with E-state index in [0.717, 1.165) is 13.1 Å². The number of para-hydroxylation sites is 1. The van der Waals surface area contributed by atoms with Gasteiger partial charge in [0.1, 0.15) is 0 Å². The number of anilines is 1. The summed E-state index contributed by atoms with van der Waals surface area (Å²) in [6, 6.07) is 15.8. The molecule has 0 aromatic heterocycles. The van der Waals surface area contributed by atoms with Crippen LogP contribution in [0.3, 0.4) is 0 Å². The van der Waals surface area contributed by atoms with Crippen molar-refractivity contribution in [2.45, 2.75) is 13.0 Å². The molecule has 6 nitrogen and oxygen atoms in total. The molecule has 0 unspecified atom stereocenters. The van der Waals surface area contributed by atoms with Gasteiger partial charge in [0, 0.05) is 32.2 Å². The third-order valence-corrected chi connectivity index (χ3v) is 6.17. The standard InChI is InChI=1S/C23H28Cl2N4O2/c1-17(18-7-4-3-5-8-18)28-11-13-29(14-12-28)22(31)16-27(2)15-21(30)26-23-19(24)9-6-10-20(23)25/h3-10,17H,11-16H2,1-2H3,(H,26,30)/t17-/m1/s1. The molecule has 1 saturated heterocycles. The van der Waals surface area contributed by atoms with Crippen molar-refractivity contribution in [3.8, 4) is 0 Å². The van der Waals surface area contributed by atoms with E-state index < -0.39 is 0 Å². The normalized spacial score (nSPS) is 15.7. The smallest absolute Gasteiger partial charge is 0.238 e. The molecule has 2 amide bonds. The van der Waals surface area contributed by atoms with Crippen LogP contribution < -0.4 is 5.32 Å². The Hall–Kier alpha value is -2.12. The topological polar surface area (TPSA) is 55.9 Å². The van der Waals surface area contributed by atoms with Crippen LogP contribution in [0, 0.1) is 0 Å². The molecule has 1 aliphatic heterocycles. The number of benzene rings is 2. The Labute approximate surface area is 193 Å². The number of amides is 2. The molecule has 31 heavy (non-hydrogen) atoms. The molecule has 0 aliphatic carbocycles.